The molecule has 1 N–H and O–H groups in total. The Balaban J connectivity index is 1.22. The summed E-state index contributed by atoms with van der Waals surface area (Å²) in [5.74, 6) is -0.257. The van der Waals surface area contributed by atoms with Crippen LogP contribution in [-0.2, 0) is 11.3 Å². The van der Waals surface area contributed by atoms with E-state index in [0.717, 1.165) is 19.5 Å². The van der Waals surface area contributed by atoms with Crippen LogP contribution in [-0.4, -0.2) is 31.4 Å². The van der Waals surface area contributed by atoms with E-state index in [-0.39, 0.29) is 29.9 Å². The molecule has 4 aromatic rings. The molecule has 0 saturated carbocycles. The summed E-state index contributed by atoms with van der Waals surface area (Å²) in [6, 6.07) is 29.0. The van der Waals surface area contributed by atoms with Crippen molar-refractivity contribution in [3.63, 3.8) is 0 Å². The van der Waals surface area contributed by atoms with Crippen LogP contribution in [0.4, 0.5) is 15.8 Å². The Labute approximate surface area is 246 Å². The first-order valence-electron chi connectivity index (χ1n) is 14.2. The number of hydrogen-bond acceptors (Lipinski definition) is 4. The van der Waals surface area contributed by atoms with Gasteiger partial charge < -0.3 is 15.0 Å². The van der Waals surface area contributed by atoms with E-state index in [1.165, 1.54) is 22.2 Å². The van der Waals surface area contributed by atoms with Crippen molar-refractivity contribution in [1.29, 1.82) is 0 Å². The fourth-order valence-corrected chi connectivity index (χ4v) is 4.97. The summed E-state index contributed by atoms with van der Waals surface area (Å²) in [6.45, 7) is 6.59. The van der Waals surface area contributed by atoms with Crippen molar-refractivity contribution in [2.75, 3.05) is 29.4 Å². The Morgan fingerprint density at radius 3 is 2.50 bits per heavy atom. The highest BCUT2D eigenvalue weighted by molar-refractivity contribution is 6.09. The van der Waals surface area contributed by atoms with Gasteiger partial charge in [-0.3, -0.25) is 14.5 Å². The van der Waals surface area contributed by atoms with Crippen LogP contribution in [0.5, 0.6) is 5.75 Å². The van der Waals surface area contributed by atoms with Crippen molar-refractivity contribution in [1.82, 2.24) is 5.32 Å². The second-order valence-electron chi connectivity index (χ2n) is 10.2. The molecule has 0 saturated heterocycles. The van der Waals surface area contributed by atoms with Crippen LogP contribution in [0, 0.1) is 12.7 Å². The van der Waals surface area contributed by atoms with Crippen molar-refractivity contribution in [3.8, 4) is 5.75 Å². The third kappa shape index (κ3) is 6.69. The van der Waals surface area contributed by atoms with Crippen LogP contribution in [0.1, 0.15) is 40.4 Å². The van der Waals surface area contributed by atoms with E-state index in [1.807, 2.05) is 12.1 Å². The molecule has 0 radical (unpaired) electrons. The number of halogens is 1. The molecule has 0 aromatic heterocycles. The predicted molar refractivity (Wildman–Crippen MR) is 165 cm³/mol. The van der Waals surface area contributed by atoms with Gasteiger partial charge in [-0.25, -0.2) is 4.39 Å². The molecular formula is C35H34FN3O3. The summed E-state index contributed by atoms with van der Waals surface area (Å²) in [7, 11) is 0. The number of fused-ring (bicyclic) bond motifs is 1. The molecule has 0 bridgehead atoms. The van der Waals surface area contributed by atoms with Gasteiger partial charge in [0.15, 0.2) is 11.5 Å². The van der Waals surface area contributed by atoms with Crippen molar-refractivity contribution in [2.45, 2.75) is 26.8 Å². The number of rotatable bonds is 10. The van der Waals surface area contributed by atoms with E-state index in [9.17, 15) is 14.0 Å². The Morgan fingerprint density at radius 1 is 0.976 bits per heavy atom. The Kier molecular flexibility index (Phi) is 8.97. The van der Waals surface area contributed by atoms with Crippen LogP contribution in [0.25, 0.3) is 6.08 Å². The second-order valence-corrected chi connectivity index (χ2v) is 10.2. The van der Waals surface area contributed by atoms with Crippen LogP contribution >= 0.6 is 0 Å². The number of carbonyl (C=O) groups is 2. The van der Waals surface area contributed by atoms with Crippen molar-refractivity contribution in [2.24, 2.45) is 0 Å². The van der Waals surface area contributed by atoms with E-state index < -0.39 is 0 Å². The molecule has 42 heavy (non-hydrogen) atoms. The standard InChI is InChI=1S/C35H34FN3O3/c1-3-38(29-12-8-10-25(2)22-29)21-9-20-37-34(40)27-18-16-26(17-19-27)23-33-35(41)39(24-28-11-4-5-13-30(28)36)31-14-6-7-15-32(31)42-33/h4-8,10-19,22-23H,3,9,20-21,24H2,1-2H3,(H,37,40). The molecule has 4 aromatic carbocycles. The number of nitrogens with zero attached hydrogens (tertiary/aromatic N) is 2. The topological polar surface area (TPSA) is 61.9 Å². The predicted octanol–water partition coefficient (Wildman–Crippen LogP) is 6.75. The van der Waals surface area contributed by atoms with Crippen LogP contribution in [0.15, 0.2) is 103 Å². The number of ether oxygens (including phenoxy) is 1. The maximum absolute atomic E-state index is 14.4. The Hall–Kier alpha value is -4.91. The Morgan fingerprint density at radius 2 is 1.74 bits per heavy atom. The first-order chi connectivity index (χ1) is 20.4. The van der Waals surface area contributed by atoms with Crippen LogP contribution in [0.3, 0.4) is 0 Å². The lowest BCUT2D eigenvalue weighted by Crippen LogP contribution is -2.37. The average molecular weight is 564 g/mol. The molecule has 6 nitrogen and oxygen atoms in total. The van der Waals surface area contributed by atoms with Gasteiger partial charge in [0, 0.05) is 36.4 Å². The van der Waals surface area contributed by atoms with Gasteiger partial charge in [-0.15, -0.1) is 0 Å². The molecule has 214 valence electrons. The number of hydrogen-bond donors (Lipinski definition) is 1. The number of aryl methyl sites for hydroxylation is 1. The summed E-state index contributed by atoms with van der Waals surface area (Å²) in [5, 5.41) is 3.00. The summed E-state index contributed by atoms with van der Waals surface area (Å²) < 4.78 is 20.4. The number of anilines is 2. The SMILES string of the molecule is CCN(CCCNC(=O)c1ccc(C=C2Oc3ccccc3N(Cc3ccccc3F)C2=O)cc1)c1cccc(C)c1. The number of carbonyl (C=O) groups excluding carboxylic acids is 2. The number of amides is 2. The zero-order valence-corrected chi connectivity index (χ0v) is 23.8. The van der Waals surface area contributed by atoms with Gasteiger partial charge in [0.1, 0.15) is 5.82 Å². The van der Waals surface area contributed by atoms with Gasteiger partial charge in [0.05, 0.1) is 12.2 Å². The summed E-state index contributed by atoms with van der Waals surface area (Å²) in [5.41, 5.74) is 4.64. The van der Waals surface area contributed by atoms with E-state index in [0.29, 0.717) is 34.7 Å². The quantitative estimate of drug-likeness (QED) is 0.171. The third-order valence-electron chi connectivity index (χ3n) is 7.23. The normalized spacial score (nSPS) is 13.5. The minimum Gasteiger partial charge on any atom is -0.449 e. The second kappa shape index (κ2) is 13.2. The highest BCUT2D eigenvalue weighted by atomic mass is 19.1. The maximum Gasteiger partial charge on any atom is 0.294 e. The van der Waals surface area contributed by atoms with Crippen LogP contribution < -0.4 is 19.9 Å². The fraction of sp³-hybridized carbons (Fsp3) is 0.200. The maximum atomic E-state index is 14.4. The molecule has 0 unspecified atom stereocenters. The molecule has 0 aliphatic carbocycles. The minimum atomic E-state index is -0.373. The van der Waals surface area contributed by atoms with E-state index >= 15 is 0 Å². The number of para-hydroxylation sites is 2. The molecule has 5 rings (SSSR count). The van der Waals surface area contributed by atoms with Crippen molar-refractivity contribution >= 4 is 29.3 Å². The largest absolute Gasteiger partial charge is 0.449 e. The molecule has 2 amide bonds. The van der Waals surface area contributed by atoms with Crippen molar-refractivity contribution in [3.05, 3.63) is 131 Å². The Bertz CT molecular complexity index is 1600. The molecule has 1 aliphatic rings. The van der Waals surface area contributed by atoms with E-state index in [2.05, 4.69) is 48.3 Å². The molecular weight excluding hydrogens is 529 g/mol. The fourth-order valence-electron chi connectivity index (χ4n) is 4.97. The zero-order valence-electron chi connectivity index (χ0n) is 23.8. The molecule has 0 atom stereocenters. The lowest BCUT2D eigenvalue weighted by molar-refractivity contribution is -0.117. The molecule has 1 heterocycles. The number of nitrogens with one attached hydrogen (secondary N) is 1. The zero-order chi connectivity index (χ0) is 29.5. The molecule has 1 aliphatic heterocycles. The van der Waals surface area contributed by atoms with E-state index in [1.54, 1.807) is 60.7 Å². The van der Waals surface area contributed by atoms with Gasteiger partial charge in [-0.2, -0.15) is 0 Å². The summed E-state index contributed by atoms with van der Waals surface area (Å²) in [4.78, 5) is 30.0. The highest BCUT2D eigenvalue weighted by Gasteiger charge is 2.30. The summed E-state index contributed by atoms with van der Waals surface area (Å²) >= 11 is 0. The highest BCUT2D eigenvalue weighted by Crippen LogP contribution is 2.36. The van der Waals surface area contributed by atoms with E-state index in [4.69, 9.17) is 4.74 Å². The molecule has 0 spiro atoms. The lowest BCUT2D eigenvalue weighted by atomic mass is 10.1. The van der Waals surface area contributed by atoms with Gasteiger partial charge in [0.2, 0.25) is 0 Å². The molecule has 0 fully saturated rings. The average Bonchev–Trinajstić information content (AvgIpc) is 3.00. The minimum absolute atomic E-state index is 0.0728. The van der Waals surface area contributed by atoms with Gasteiger partial charge in [-0.05, 0) is 79.9 Å². The first-order valence-corrected chi connectivity index (χ1v) is 14.2. The smallest absolute Gasteiger partial charge is 0.294 e. The first kappa shape index (κ1) is 28.6. The molecule has 7 heteroatoms. The van der Waals surface area contributed by atoms with Gasteiger partial charge >= 0.3 is 0 Å². The van der Waals surface area contributed by atoms with Crippen molar-refractivity contribution < 1.29 is 18.7 Å². The summed E-state index contributed by atoms with van der Waals surface area (Å²) in [6.07, 6.45) is 2.46. The number of benzene rings is 4. The van der Waals surface area contributed by atoms with Crippen LogP contribution in [0.2, 0.25) is 0 Å². The monoisotopic (exact) mass is 563 g/mol. The van der Waals surface area contributed by atoms with Gasteiger partial charge in [-0.1, -0.05) is 54.6 Å². The van der Waals surface area contributed by atoms with Gasteiger partial charge in [0.25, 0.3) is 11.8 Å². The third-order valence-corrected chi connectivity index (χ3v) is 7.23. The lowest BCUT2D eigenvalue weighted by Gasteiger charge is -2.30.